The highest BCUT2D eigenvalue weighted by atomic mass is 15.3. The number of aryl methyl sites for hydroxylation is 2. The molecule has 5 heteroatoms. The maximum atomic E-state index is 6.04. The van der Waals surface area contributed by atoms with Gasteiger partial charge in [0.05, 0.1) is 11.4 Å². The third-order valence-electron chi connectivity index (χ3n) is 3.63. The summed E-state index contributed by atoms with van der Waals surface area (Å²) in [6.45, 7) is 10.3. The molecule has 0 radical (unpaired) electrons. The highest BCUT2D eigenvalue weighted by Crippen LogP contribution is 2.26. The third kappa shape index (κ3) is 2.77. The van der Waals surface area contributed by atoms with Gasteiger partial charge in [0, 0.05) is 25.7 Å². The first kappa shape index (κ1) is 13.2. The summed E-state index contributed by atoms with van der Waals surface area (Å²) in [5.74, 6) is 0.974. The lowest BCUT2D eigenvalue weighted by Gasteiger charge is -2.20. The van der Waals surface area contributed by atoms with Crippen LogP contribution in [0.3, 0.4) is 0 Å². The van der Waals surface area contributed by atoms with E-state index in [0.717, 1.165) is 49.4 Å². The van der Waals surface area contributed by atoms with Crippen molar-refractivity contribution in [1.82, 2.24) is 14.7 Å². The van der Waals surface area contributed by atoms with E-state index in [9.17, 15) is 0 Å². The summed E-state index contributed by atoms with van der Waals surface area (Å²) < 4.78 is 1.94. The summed E-state index contributed by atoms with van der Waals surface area (Å²) >= 11 is 0. The fraction of sp³-hybridized carbons (Fsp3) is 0.769. The molecule has 1 fully saturated rings. The number of anilines is 2. The number of nitrogens with one attached hydrogen (secondary N) is 1. The molecule has 1 aliphatic carbocycles. The van der Waals surface area contributed by atoms with Crippen LogP contribution in [0.15, 0.2) is 0 Å². The molecule has 18 heavy (non-hydrogen) atoms. The zero-order chi connectivity index (χ0) is 13.1. The lowest BCUT2D eigenvalue weighted by molar-refractivity contribution is 0.288. The summed E-state index contributed by atoms with van der Waals surface area (Å²) in [4.78, 5) is 2.53. The molecule has 0 spiro atoms. The van der Waals surface area contributed by atoms with Crippen molar-refractivity contribution in [3.8, 4) is 0 Å². The molecule has 1 heterocycles. The van der Waals surface area contributed by atoms with Gasteiger partial charge in [-0.25, -0.2) is 4.68 Å². The largest absolute Gasteiger partial charge is 0.394 e. The van der Waals surface area contributed by atoms with E-state index < -0.39 is 0 Å². The first-order valence-electron chi connectivity index (χ1n) is 6.98. The van der Waals surface area contributed by atoms with E-state index in [2.05, 4.69) is 29.2 Å². The van der Waals surface area contributed by atoms with E-state index in [1.165, 1.54) is 12.8 Å². The molecule has 0 unspecified atom stereocenters. The van der Waals surface area contributed by atoms with Gasteiger partial charge in [-0.15, -0.1) is 0 Å². The average molecular weight is 251 g/mol. The Morgan fingerprint density at radius 2 is 2.17 bits per heavy atom. The molecule has 0 saturated heterocycles. The summed E-state index contributed by atoms with van der Waals surface area (Å²) in [7, 11) is 0. The fourth-order valence-corrected chi connectivity index (χ4v) is 2.37. The topological polar surface area (TPSA) is 59.1 Å². The van der Waals surface area contributed by atoms with Crippen molar-refractivity contribution < 1.29 is 0 Å². The van der Waals surface area contributed by atoms with E-state index >= 15 is 0 Å². The number of nitrogens with two attached hydrogens (primary N) is 1. The quantitative estimate of drug-likeness (QED) is 0.774. The van der Waals surface area contributed by atoms with E-state index in [-0.39, 0.29) is 0 Å². The van der Waals surface area contributed by atoms with E-state index in [1.807, 2.05) is 11.6 Å². The summed E-state index contributed by atoms with van der Waals surface area (Å²) in [5, 5.41) is 7.84. The zero-order valence-electron chi connectivity index (χ0n) is 11.7. The minimum absolute atomic E-state index is 0.784. The average Bonchev–Trinajstić information content (AvgIpc) is 3.16. The van der Waals surface area contributed by atoms with Gasteiger partial charge in [0.25, 0.3) is 0 Å². The molecule has 0 aromatic carbocycles. The van der Waals surface area contributed by atoms with E-state index in [0.29, 0.717) is 0 Å². The predicted molar refractivity (Wildman–Crippen MR) is 75.8 cm³/mol. The Bertz CT molecular complexity index is 394. The van der Waals surface area contributed by atoms with Crippen LogP contribution < -0.4 is 11.1 Å². The number of nitrogen functional groups attached to an aromatic ring is 1. The van der Waals surface area contributed by atoms with E-state index in [1.54, 1.807) is 0 Å². The van der Waals surface area contributed by atoms with Gasteiger partial charge >= 0.3 is 0 Å². The molecular formula is C13H25N5. The number of aromatic nitrogens is 2. The fourth-order valence-electron chi connectivity index (χ4n) is 2.37. The number of nitrogens with zero attached hydrogens (tertiary/aromatic N) is 3. The second kappa shape index (κ2) is 5.61. The lowest BCUT2D eigenvalue weighted by Crippen LogP contribution is -2.31. The lowest BCUT2D eigenvalue weighted by atomic mass is 10.4. The van der Waals surface area contributed by atoms with E-state index in [4.69, 9.17) is 5.73 Å². The monoisotopic (exact) mass is 251 g/mol. The minimum Gasteiger partial charge on any atom is -0.394 e. The van der Waals surface area contributed by atoms with Gasteiger partial charge in [-0.2, -0.15) is 5.10 Å². The third-order valence-corrected chi connectivity index (χ3v) is 3.63. The molecule has 0 atom stereocenters. The molecule has 3 N–H and O–H groups in total. The smallest absolute Gasteiger partial charge is 0.148 e. The number of rotatable bonds is 7. The van der Waals surface area contributed by atoms with Gasteiger partial charge in [0.2, 0.25) is 0 Å². The maximum absolute atomic E-state index is 6.04. The molecule has 1 saturated carbocycles. The maximum Gasteiger partial charge on any atom is 0.148 e. The van der Waals surface area contributed by atoms with Gasteiger partial charge in [-0.1, -0.05) is 6.92 Å². The van der Waals surface area contributed by atoms with Gasteiger partial charge in [-0.3, -0.25) is 4.90 Å². The SMILES string of the molecule is CCN(CCNc1c(N)c(C)nn1CC)C1CC1. The van der Waals surface area contributed by atoms with Crippen molar-refractivity contribution >= 4 is 11.5 Å². The van der Waals surface area contributed by atoms with Crippen LogP contribution >= 0.6 is 0 Å². The first-order chi connectivity index (χ1) is 8.67. The predicted octanol–water partition coefficient (Wildman–Crippen LogP) is 1.69. The van der Waals surface area contributed by atoms with Crippen LogP contribution in [0.25, 0.3) is 0 Å². The molecule has 2 rings (SSSR count). The van der Waals surface area contributed by atoms with Crippen molar-refractivity contribution in [1.29, 1.82) is 0 Å². The van der Waals surface area contributed by atoms with Crippen LogP contribution in [0.4, 0.5) is 11.5 Å². The van der Waals surface area contributed by atoms with Crippen LogP contribution in [0, 0.1) is 6.92 Å². The van der Waals surface area contributed by atoms with Gasteiger partial charge < -0.3 is 11.1 Å². The Hall–Kier alpha value is -1.23. The molecule has 0 aliphatic heterocycles. The Morgan fingerprint density at radius 3 is 2.72 bits per heavy atom. The highest BCUT2D eigenvalue weighted by molar-refractivity contribution is 5.64. The van der Waals surface area contributed by atoms with Gasteiger partial charge in [0.1, 0.15) is 5.82 Å². The summed E-state index contributed by atoms with van der Waals surface area (Å²) in [6.07, 6.45) is 2.73. The Labute approximate surface area is 109 Å². The molecule has 102 valence electrons. The molecule has 0 bridgehead atoms. The molecular weight excluding hydrogens is 226 g/mol. The number of hydrogen-bond acceptors (Lipinski definition) is 4. The Balaban J connectivity index is 1.89. The van der Waals surface area contributed by atoms with Crippen LogP contribution in [-0.2, 0) is 6.54 Å². The number of hydrogen-bond donors (Lipinski definition) is 2. The summed E-state index contributed by atoms with van der Waals surface area (Å²) in [6, 6.07) is 0.826. The van der Waals surface area contributed by atoms with Crippen molar-refractivity contribution in [3.05, 3.63) is 5.69 Å². The second-order valence-electron chi connectivity index (χ2n) is 4.95. The van der Waals surface area contributed by atoms with Crippen molar-refractivity contribution in [3.63, 3.8) is 0 Å². The summed E-state index contributed by atoms with van der Waals surface area (Å²) in [5.41, 5.74) is 7.74. The molecule has 5 nitrogen and oxygen atoms in total. The van der Waals surface area contributed by atoms with Crippen molar-refractivity contribution in [2.75, 3.05) is 30.7 Å². The van der Waals surface area contributed by atoms with Gasteiger partial charge in [0.15, 0.2) is 0 Å². The van der Waals surface area contributed by atoms with Crippen LogP contribution in [0.5, 0.6) is 0 Å². The molecule has 1 aromatic rings. The van der Waals surface area contributed by atoms with Gasteiger partial charge in [-0.05, 0) is 33.2 Å². The number of likely N-dealkylation sites (N-methyl/N-ethyl adjacent to an activating group) is 1. The van der Waals surface area contributed by atoms with Crippen molar-refractivity contribution in [2.45, 2.75) is 46.2 Å². The zero-order valence-corrected chi connectivity index (χ0v) is 11.7. The molecule has 0 amide bonds. The Kier molecular flexibility index (Phi) is 4.11. The minimum atomic E-state index is 0.784. The molecule has 1 aromatic heterocycles. The Morgan fingerprint density at radius 1 is 1.44 bits per heavy atom. The van der Waals surface area contributed by atoms with Crippen molar-refractivity contribution in [2.24, 2.45) is 0 Å². The normalized spacial score (nSPS) is 15.3. The van der Waals surface area contributed by atoms with Crippen LogP contribution in [0.2, 0.25) is 0 Å². The van der Waals surface area contributed by atoms with Crippen LogP contribution in [-0.4, -0.2) is 40.4 Å². The standard InChI is InChI=1S/C13H25N5/c1-4-17(11-6-7-11)9-8-15-13-12(14)10(3)16-18(13)5-2/h11,15H,4-9,14H2,1-3H3. The first-order valence-corrected chi connectivity index (χ1v) is 6.98. The molecule has 1 aliphatic rings. The van der Waals surface area contributed by atoms with Crippen LogP contribution in [0.1, 0.15) is 32.4 Å². The second-order valence-corrected chi connectivity index (χ2v) is 4.95. The highest BCUT2D eigenvalue weighted by Gasteiger charge is 2.27.